The van der Waals surface area contributed by atoms with E-state index < -0.39 is 17.5 Å². The molecule has 1 aromatic rings. The Kier molecular flexibility index (Phi) is 3.42. The molecule has 2 N–H and O–H groups in total. The number of pyridine rings is 1. The molecule has 0 atom stereocenters. The van der Waals surface area contributed by atoms with Gasteiger partial charge in [0.15, 0.2) is 0 Å². The zero-order valence-electron chi connectivity index (χ0n) is 8.97. The predicted molar refractivity (Wildman–Crippen MR) is 54.0 cm³/mol. The van der Waals surface area contributed by atoms with Crippen LogP contribution in [0.4, 0.5) is 19.0 Å². The Bertz CT molecular complexity index is 358. The van der Waals surface area contributed by atoms with Crippen LogP contribution in [-0.4, -0.2) is 22.2 Å². The number of nitrogens with one attached hydrogen (secondary N) is 1. The van der Waals surface area contributed by atoms with E-state index in [0.717, 1.165) is 6.07 Å². The number of anilines is 1. The van der Waals surface area contributed by atoms with Crippen LogP contribution in [0.15, 0.2) is 18.2 Å². The number of hydrogen-bond acceptors (Lipinski definition) is 3. The summed E-state index contributed by atoms with van der Waals surface area (Å²) in [5.74, 6) is 0.0944. The normalized spacial score (nSPS) is 12.6. The van der Waals surface area contributed by atoms with Crippen molar-refractivity contribution in [3.63, 3.8) is 0 Å². The highest BCUT2D eigenvalue weighted by atomic mass is 19.4. The first kappa shape index (κ1) is 12.8. The lowest BCUT2D eigenvalue weighted by molar-refractivity contribution is -0.141. The van der Waals surface area contributed by atoms with Gasteiger partial charge in [-0.15, -0.1) is 0 Å². The molecule has 0 aliphatic heterocycles. The van der Waals surface area contributed by atoms with Crippen LogP contribution in [0.1, 0.15) is 19.5 Å². The summed E-state index contributed by atoms with van der Waals surface area (Å²) in [7, 11) is 0. The minimum absolute atomic E-state index is 0.0944. The number of rotatable bonds is 3. The molecule has 0 aliphatic rings. The summed E-state index contributed by atoms with van der Waals surface area (Å²) >= 11 is 0. The molecule has 0 saturated heterocycles. The third kappa shape index (κ3) is 4.06. The second kappa shape index (κ2) is 4.29. The Labute approximate surface area is 91.3 Å². The monoisotopic (exact) mass is 234 g/mol. The van der Waals surface area contributed by atoms with Gasteiger partial charge in [-0.3, -0.25) is 0 Å². The summed E-state index contributed by atoms with van der Waals surface area (Å²) in [6.45, 7) is 3.22. The molecule has 1 aromatic heterocycles. The van der Waals surface area contributed by atoms with Crippen molar-refractivity contribution in [3.8, 4) is 0 Å². The Morgan fingerprint density at radius 1 is 1.31 bits per heavy atom. The van der Waals surface area contributed by atoms with Crippen molar-refractivity contribution < 1.29 is 18.3 Å². The summed E-state index contributed by atoms with van der Waals surface area (Å²) in [6, 6.07) is 3.58. The number of alkyl halides is 3. The summed E-state index contributed by atoms with van der Waals surface area (Å²) in [6.07, 6.45) is -4.45. The van der Waals surface area contributed by atoms with Crippen LogP contribution < -0.4 is 5.32 Å². The minimum Gasteiger partial charge on any atom is -0.389 e. The molecule has 0 bridgehead atoms. The largest absolute Gasteiger partial charge is 0.433 e. The predicted octanol–water partition coefficient (Wildman–Crippen LogP) is 2.28. The molecular weight excluding hydrogens is 221 g/mol. The van der Waals surface area contributed by atoms with E-state index in [9.17, 15) is 18.3 Å². The van der Waals surface area contributed by atoms with Crippen molar-refractivity contribution in [2.45, 2.75) is 25.6 Å². The molecule has 6 heteroatoms. The van der Waals surface area contributed by atoms with Gasteiger partial charge in [0.25, 0.3) is 0 Å². The highest BCUT2D eigenvalue weighted by Crippen LogP contribution is 2.28. The van der Waals surface area contributed by atoms with Gasteiger partial charge in [-0.05, 0) is 26.0 Å². The molecular formula is C10H13F3N2O. The fourth-order valence-electron chi connectivity index (χ4n) is 0.998. The molecule has 0 aromatic carbocycles. The van der Waals surface area contributed by atoms with Crippen LogP contribution in [0.5, 0.6) is 0 Å². The topological polar surface area (TPSA) is 45.1 Å². The summed E-state index contributed by atoms with van der Waals surface area (Å²) in [5, 5.41) is 12.0. The van der Waals surface area contributed by atoms with E-state index in [4.69, 9.17) is 0 Å². The van der Waals surface area contributed by atoms with E-state index in [2.05, 4.69) is 10.3 Å². The van der Waals surface area contributed by atoms with Crippen LogP contribution in [0, 0.1) is 0 Å². The van der Waals surface area contributed by atoms with E-state index in [-0.39, 0.29) is 12.4 Å². The Morgan fingerprint density at radius 3 is 2.44 bits per heavy atom. The first-order chi connectivity index (χ1) is 7.18. The van der Waals surface area contributed by atoms with E-state index in [1.807, 2.05) is 0 Å². The Morgan fingerprint density at radius 2 is 1.94 bits per heavy atom. The van der Waals surface area contributed by atoms with Crippen LogP contribution in [0.2, 0.25) is 0 Å². The maximum atomic E-state index is 12.3. The van der Waals surface area contributed by atoms with Gasteiger partial charge in [0.2, 0.25) is 0 Å². The smallest absolute Gasteiger partial charge is 0.389 e. The van der Waals surface area contributed by atoms with E-state index in [1.165, 1.54) is 12.1 Å². The van der Waals surface area contributed by atoms with Gasteiger partial charge < -0.3 is 10.4 Å². The first-order valence-electron chi connectivity index (χ1n) is 4.69. The third-order valence-corrected chi connectivity index (χ3v) is 1.74. The fraction of sp³-hybridized carbons (Fsp3) is 0.500. The average Bonchev–Trinajstić information content (AvgIpc) is 2.13. The fourth-order valence-corrected chi connectivity index (χ4v) is 0.998. The molecule has 16 heavy (non-hydrogen) atoms. The Hall–Kier alpha value is -1.30. The molecule has 0 amide bonds. The first-order valence-corrected chi connectivity index (χ1v) is 4.69. The summed E-state index contributed by atoms with van der Waals surface area (Å²) in [4.78, 5) is 3.40. The maximum absolute atomic E-state index is 12.3. The van der Waals surface area contributed by atoms with Gasteiger partial charge in [0.05, 0.1) is 5.60 Å². The van der Waals surface area contributed by atoms with Crippen molar-refractivity contribution in [3.05, 3.63) is 23.9 Å². The highest BCUT2D eigenvalue weighted by molar-refractivity contribution is 5.36. The van der Waals surface area contributed by atoms with Gasteiger partial charge >= 0.3 is 6.18 Å². The molecule has 1 heterocycles. The lowest BCUT2D eigenvalue weighted by Crippen LogP contribution is -2.29. The lowest BCUT2D eigenvalue weighted by atomic mass is 10.1. The van der Waals surface area contributed by atoms with Crippen molar-refractivity contribution in [2.75, 3.05) is 11.9 Å². The molecule has 0 unspecified atom stereocenters. The summed E-state index contributed by atoms with van der Waals surface area (Å²) < 4.78 is 36.9. The molecule has 0 aliphatic carbocycles. The Balaban J connectivity index is 2.76. The molecule has 0 spiro atoms. The van der Waals surface area contributed by atoms with Crippen LogP contribution in [0.3, 0.4) is 0 Å². The second-order valence-corrected chi connectivity index (χ2v) is 4.07. The van der Waals surface area contributed by atoms with Crippen LogP contribution in [0.25, 0.3) is 0 Å². The quantitative estimate of drug-likeness (QED) is 0.843. The molecule has 1 rings (SSSR count). The van der Waals surface area contributed by atoms with Gasteiger partial charge in [-0.2, -0.15) is 13.2 Å². The second-order valence-electron chi connectivity index (χ2n) is 4.07. The molecule has 90 valence electrons. The maximum Gasteiger partial charge on any atom is 0.433 e. The highest BCUT2D eigenvalue weighted by Gasteiger charge is 2.32. The van der Waals surface area contributed by atoms with Gasteiger partial charge in [0, 0.05) is 6.54 Å². The number of halogens is 3. The van der Waals surface area contributed by atoms with Crippen LogP contribution >= 0.6 is 0 Å². The van der Waals surface area contributed by atoms with Gasteiger partial charge in [0.1, 0.15) is 11.5 Å². The standard InChI is InChI=1S/C10H13F3N2O/c1-9(2,16)6-14-8-5-3-4-7(15-8)10(11,12)13/h3-5,16H,6H2,1-2H3,(H,14,15). The van der Waals surface area contributed by atoms with Crippen molar-refractivity contribution in [1.82, 2.24) is 4.98 Å². The molecule has 0 radical (unpaired) electrons. The SMILES string of the molecule is CC(C)(O)CNc1cccc(C(F)(F)F)n1. The third-order valence-electron chi connectivity index (χ3n) is 1.74. The average molecular weight is 234 g/mol. The van der Waals surface area contributed by atoms with Crippen molar-refractivity contribution in [2.24, 2.45) is 0 Å². The minimum atomic E-state index is -4.45. The number of hydrogen-bond donors (Lipinski definition) is 2. The molecule has 0 saturated carbocycles. The van der Waals surface area contributed by atoms with E-state index >= 15 is 0 Å². The van der Waals surface area contributed by atoms with Gasteiger partial charge in [-0.25, -0.2) is 4.98 Å². The van der Waals surface area contributed by atoms with Crippen molar-refractivity contribution in [1.29, 1.82) is 0 Å². The number of aliphatic hydroxyl groups is 1. The lowest BCUT2D eigenvalue weighted by Gasteiger charge is -2.18. The van der Waals surface area contributed by atoms with E-state index in [0.29, 0.717) is 0 Å². The zero-order chi connectivity index (χ0) is 12.4. The van der Waals surface area contributed by atoms with Crippen molar-refractivity contribution >= 4 is 5.82 Å². The molecule has 0 fully saturated rings. The van der Waals surface area contributed by atoms with E-state index in [1.54, 1.807) is 13.8 Å². The number of aromatic nitrogens is 1. The number of nitrogens with zero attached hydrogens (tertiary/aromatic N) is 1. The van der Waals surface area contributed by atoms with Crippen LogP contribution in [-0.2, 0) is 6.18 Å². The van der Waals surface area contributed by atoms with Gasteiger partial charge in [-0.1, -0.05) is 6.07 Å². The summed E-state index contributed by atoms with van der Waals surface area (Å²) in [5.41, 5.74) is -1.95. The zero-order valence-corrected chi connectivity index (χ0v) is 8.97. The molecule has 3 nitrogen and oxygen atoms in total.